The number of carboxylic acids is 1. The molecule has 1 saturated heterocycles. The molecule has 2 rings (SSSR count). The molecule has 1 amide bonds. The Kier molecular flexibility index (Phi) is 3.59. The first kappa shape index (κ1) is 13.3. The normalized spacial score (nSPS) is 23.0. The number of aromatic nitrogens is 1. The summed E-state index contributed by atoms with van der Waals surface area (Å²) in [6.07, 6.45) is 2.05. The van der Waals surface area contributed by atoms with Crippen LogP contribution in [0.3, 0.4) is 0 Å². The monoisotopic (exact) mass is 288 g/mol. The minimum Gasteiger partial charge on any atom is -0.479 e. The van der Waals surface area contributed by atoms with Crippen LogP contribution in [0.2, 0.25) is 5.02 Å². The van der Waals surface area contributed by atoms with E-state index < -0.39 is 17.4 Å². The van der Waals surface area contributed by atoms with E-state index in [0.717, 1.165) is 5.75 Å². The lowest BCUT2D eigenvalue weighted by molar-refractivity contribution is -0.143. The van der Waals surface area contributed by atoms with Crippen LogP contribution in [0.4, 0.5) is 0 Å². The number of carboxylic acid groups (broad SMARTS) is 1. The predicted molar refractivity (Wildman–Crippen MR) is 70.2 cm³/mol. The Morgan fingerprint density at radius 2 is 2.33 bits per heavy atom. The van der Waals surface area contributed by atoms with Gasteiger partial charge in [-0.15, -0.1) is 0 Å². The Hall–Kier alpha value is -1.14. The van der Waals surface area contributed by atoms with E-state index in [1.807, 2.05) is 0 Å². The molecule has 1 aliphatic rings. The Bertz CT molecular complexity index is 494. The number of hydrogen-bond donors (Lipinski definition) is 2. The Morgan fingerprint density at radius 1 is 1.61 bits per heavy atom. The largest absolute Gasteiger partial charge is 0.479 e. The van der Waals surface area contributed by atoms with Gasteiger partial charge in [0.15, 0.2) is 0 Å². The van der Waals surface area contributed by atoms with Crippen LogP contribution in [-0.4, -0.2) is 38.6 Å². The summed E-state index contributed by atoms with van der Waals surface area (Å²) in [5.74, 6) is -0.261. The molecule has 2 N–H and O–H groups in total. The molecule has 2 heterocycles. The van der Waals surface area contributed by atoms with Crippen molar-refractivity contribution in [1.29, 1.82) is 0 Å². The third kappa shape index (κ3) is 2.35. The van der Waals surface area contributed by atoms with Crippen molar-refractivity contribution in [2.75, 3.05) is 11.5 Å². The van der Waals surface area contributed by atoms with Gasteiger partial charge >= 0.3 is 5.97 Å². The third-order valence-corrected chi connectivity index (χ3v) is 4.38. The summed E-state index contributed by atoms with van der Waals surface area (Å²) in [7, 11) is 1.69. The van der Waals surface area contributed by atoms with Crippen molar-refractivity contribution in [2.24, 2.45) is 7.05 Å². The van der Waals surface area contributed by atoms with Gasteiger partial charge in [-0.3, -0.25) is 4.79 Å². The lowest BCUT2D eigenvalue weighted by atomic mass is 9.99. The number of nitrogens with one attached hydrogen (secondary N) is 1. The van der Waals surface area contributed by atoms with E-state index in [1.54, 1.807) is 17.8 Å². The number of nitrogens with zero attached hydrogens (tertiary/aromatic N) is 1. The quantitative estimate of drug-likeness (QED) is 0.881. The number of carbonyl (C=O) groups excluding carboxylic acids is 1. The van der Waals surface area contributed by atoms with Crippen LogP contribution in [0.25, 0.3) is 0 Å². The second-order valence-corrected chi connectivity index (χ2v) is 5.84. The predicted octanol–water partition coefficient (Wildman–Crippen LogP) is 1.37. The van der Waals surface area contributed by atoms with Gasteiger partial charge in [0.05, 0.1) is 5.02 Å². The fraction of sp³-hybridized carbons (Fsp3) is 0.455. The molecule has 1 aromatic heterocycles. The van der Waals surface area contributed by atoms with Crippen molar-refractivity contribution in [1.82, 2.24) is 9.88 Å². The zero-order chi connectivity index (χ0) is 13.3. The smallest absolute Gasteiger partial charge is 0.330 e. The molecule has 0 bridgehead atoms. The summed E-state index contributed by atoms with van der Waals surface area (Å²) in [5, 5.41) is 12.3. The molecule has 1 aromatic rings. The molecule has 0 saturated carbocycles. The van der Waals surface area contributed by atoms with Crippen LogP contribution in [-0.2, 0) is 11.8 Å². The van der Waals surface area contributed by atoms with Crippen LogP contribution in [0.1, 0.15) is 16.9 Å². The third-order valence-electron chi connectivity index (χ3n) is 2.99. The molecule has 0 aromatic carbocycles. The van der Waals surface area contributed by atoms with Gasteiger partial charge in [-0.1, -0.05) is 11.6 Å². The SMILES string of the molecule is Cn1cc(Cl)cc1C(=O)N[C@]1(C(=O)O)CCSC1. The molecular weight excluding hydrogens is 276 g/mol. The standard InChI is InChI=1S/C11H13ClN2O3S/c1-14-5-7(12)4-8(14)9(15)13-11(10(16)17)2-3-18-6-11/h4-5H,2-3,6H2,1H3,(H,13,15)(H,16,17)/t11-/m1/s1. The topological polar surface area (TPSA) is 71.3 Å². The van der Waals surface area contributed by atoms with Gasteiger partial charge in [0.25, 0.3) is 5.91 Å². The molecule has 0 radical (unpaired) electrons. The highest BCUT2D eigenvalue weighted by Gasteiger charge is 2.43. The van der Waals surface area contributed by atoms with E-state index in [0.29, 0.717) is 22.9 Å². The molecule has 1 aliphatic heterocycles. The molecule has 0 aliphatic carbocycles. The van der Waals surface area contributed by atoms with Crippen molar-refractivity contribution in [3.63, 3.8) is 0 Å². The summed E-state index contributed by atoms with van der Waals surface area (Å²) in [5.41, 5.74) is -0.795. The van der Waals surface area contributed by atoms with Gasteiger partial charge in [0.2, 0.25) is 0 Å². The number of carbonyl (C=O) groups is 2. The molecule has 1 fully saturated rings. The van der Waals surface area contributed by atoms with Gasteiger partial charge in [0, 0.05) is 19.0 Å². The first-order valence-corrected chi connectivity index (χ1v) is 6.93. The maximum absolute atomic E-state index is 12.1. The zero-order valence-corrected chi connectivity index (χ0v) is 11.3. The average Bonchev–Trinajstić information content (AvgIpc) is 2.86. The molecule has 98 valence electrons. The van der Waals surface area contributed by atoms with Crippen molar-refractivity contribution in [3.8, 4) is 0 Å². The summed E-state index contributed by atoms with van der Waals surface area (Å²) >= 11 is 7.33. The van der Waals surface area contributed by atoms with E-state index in [1.165, 1.54) is 17.8 Å². The van der Waals surface area contributed by atoms with Crippen molar-refractivity contribution < 1.29 is 14.7 Å². The van der Waals surface area contributed by atoms with Crippen LogP contribution < -0.4 is 5.32 Å². The van der Waals surface area contributed by atoms with Crippen LogP contribution in [0.5, 0.6) is 0 Å². The molecule has 7 heteroatoms. The van der Waals surface area contributed by atoms with Crippen molar-refractivity contribution in [3.05, 3.63) is 23.0 Å². The van der Waals surface area contributed by atoms with Crippen molar-refractivity contribution >= 4 is 35.2 Å². The van der Waals surface area contributed by atoms with Gasteiger partial charge in [0.1, 0.15) is 11.2 Å². The molecule has 1 atom stereocenters. The lowest BCUT2D eigenvalue weighted by Gasteiger charge is -2.24. The summed E-state index contributed by atoms with van der Waals surface area (Å²) in [4.78, 5) is 23.4. The molecule has 5 nitrogen and oxygen atoms in total. The number of rotatable bonds is 3. The number of halogens is 1. The first-order chi connectivity index (χ1) is 8.44. The minimum absolute atomic E-state index is 0.359. The van der Waals surface area contributed by atoms with Gasteiger partial charge < -0.3 is 15.0 Å². The van der Waals surface area contributed by atoms with Gasteiger partial charge in [-0.05, 0) is 18.2 Å². The summed E-state index contributed by atoms with van der Waals surface area (Å²) < 4.78 is 1.58. The van der Waals surface area contributed by atoms with E-state index in [2.05, 4.69) is 5.32 Å². The highest BCUT2D eigenvalue weighted by Crippen LogP contribution is 2.28. The zero-order valence-electron chi connectivity index (χ0n) is 9.77. The average molecular weight is 289 g/mol. The van der Waals surface area contributed by atoms with E-state index in [-0.39, 0.29) is 0 Å². The van der Waals surface area contributed by atoms with Crippen LogP contribution >= 0.6 is 23.4 Å². The lowest BCUT2D eigenvalue weighted by Crippen LogP contribution is -2.55. The second kappa shape index (κ2) is 4.85. The van der Waals surface area contributed by atoms with E-state index in [9.17, 15) is 14.7 Å². The first-order valence-electron chi connectivity index (χ1n) is 5.40. The highest BCUT2D eigenvalue weighted by atomic mass is 35.5. The maximum Gasteiger partial charge on any atom is 0.330 e. The second-order valence-electron chi connectivity index (χ2n) is 4.30. The minimum atomic E-state index is -1.15. The van der Waals surface area contributed by atoms with Crippen LogP contribution in [0.15, 0.2) is 12.3 Å². The fourth-order valence-electron chi connectivity index (χ4n) is 1.92. The van der Waals surface area contributed by atoms with E-state index >= 15 is 0 Å². The molecule has 0 unspecified atom stereocenters. The molecule has 18 heavy (non-hydrogen) atoms. The highest BCUT2D eigenvalue weighted by molar-refractivity contribution is 7.99. The maximum atomic E-state index is 12.1. The number of aryl methyl sites for hydroxylation is 1. The molecule has 0 spiro atoms. The number of aliphatic carboxylic acids is 1. The Morgan fingerprint density at radius 3 is 2.78 bits per heavy atom. The summed E-state index contributed by atoms with van der Waals surface area (Å²) in [6.45, 7) is 0. The van der Waals surface area contributed by atoms with Gasteiger partial charge in [-0.25, -0.2) is 4.79 Å². The molecular formula is C11H13ClN2O3S. The van der Waals surface area contributed by atoms with Crippen LogP contribution in [0, 0.1) is 0 Å². The fourth-order valence-corrected chi connectivity index (χ4v) is 3.49. The number of hydrogen-bond acceptors (Lipinski definition) is 3. The van der Waals surface area contributed by atoms with E-state index in [4.69, 9.17) is 11.6 Å². The van der Waals surface area contributed by atoms with Crippen molar-refractivity contribution in [2.45, 2.75) is 12.0 Å². The Labute approximate surface area is 113 Å². The number of thioether (sulfide) groups is 1. The van der Waals surface area contributed by atoms with Gasteiger partial charge in [-0.2, -0.15) is 11.8 Å². The Balaban J connectivity index is 2.20. The number of amides is 1. The summed E-state index contributed by atoms with van der Waals surface area (Å²) in [6, 6.07) is 1.52.